The van der Waals surface area contributed by atoms with Gasteiger partial charge in [-0.2, -0.15) is 5.10 Å². The molecule has 2 aromatic heterocycles. The van der Waals surface area contributed by atoms with Crippen LogP contribution in [0.1, 0.15) is 16.1 Å². The molecule has 0 saturated carbocycles. The number of carbonyl (C=O) groups is 1. The second-order valence-corrected chi connectivity index (χ2v) is 3.54. The molecular formula is C11H12N4O2. The van der Waals surface area contributed by atoms with Gasteiger partial charge < -0.3 is 10.4 Å². The van der Waals surface area contributed by atoms with Crippen LogP contribution in [0, 0.1) is 0 Å². The Morgan fingerprint density at radius 1 is 1.47 bits per heavy atom. The van der Waals surface area contributed by atoms with Gasteiger partial charge in [0.25, 0.3) is 0 Å². The van der Waals surface area contributed by atoms with Gasteiger partial charge in [0.2, 0.25) is 0 Å². The van der Waals surface area contributed by atoms with Crippen molar-refractivity contribution in [2.24, 2.45) is 7.05 Å². The molecule has 17 heavy (non-hydrogen) atoms. The third-order valence-corrected chi connectivity index (χ3v) is 2.38. The lowest BCUT2D eigenvalue weighted by Crippen LogP contribution is -2.07. The minimum absolute atomic E-state index is 0.177. The molecular weight excluding hydrogens is 220 g/mol. The number of aromatic carboxylic acids is 1. The van der Waals surface area contributed by atoms with E-state index < -0.39 is 5.97 Å². The van der Waals surface area contributed by atoms with Crippen molar-refractivity contribution in [3.63, 3.8) is 0 Å². The minimum atomic E-state index is -0.976. The molecule has 0 aliphatic rings. The molecule has 88 valence electrons. The van der Waals surface area contributed by atoms with E-state index in [1.54, 1.807) is 16.9 Å². The Hall–Kier alpha value is -2.37. The van der Waals surface area contributed by atoms with Crippen LogP contribution in [0.3, 0.4) is 0 Å². The molecule has 0 aliphatic heterocycles. The molecule has 0 spiro atoms. The molecule has 2 N–H and O–H groups in total. The van der Waals surface area contributed by atoms with Gasteiger partial charge in [0.1, 0.15) is 5.82 Å². The summed E-state index contributed by atoms with van der Waals surface area (Å²) in [5.74, 6) is -0.341. The first-order valence-corrected chi connectivity index (χ1v) is 5.07. The summed E-state index contributed by atoms with van der Waals surface area (Å²) in [7, 11) is 1.86. The standard InChI is InChI=1S/C11H12N4O2/c1-15-9(4-5-14-15)7-13-10-3-2-8(6-12-10)11(16)17/h2-6H,7H2,1H3,(H,12,13)(H,16,17). The Balaban J connectivity index is 2.00. The summed E-state index contributed by atoms with van der Waals surface area (Å²) in [5.41, 5.74) is 1.20. The number of carboxylic acids is 1. The van der Waals surface area contributed by atoms with Crippen LogP contribution in [0.2, 0.25) is 0 Å². The van der Waals surface area contributed by atoms with E-state index in [0.29, 0.717) is 12.4 Å². The second kappa shape index (κ2) is 4.65. The molecule has 0 aromatic carbocycles. The van der Waals surface area contributed by atoms with E-state index in [1.807, 2.05) is 13.1 Å². The predicted octanol–water partition coefficient (Wildman–Crippen LogP) is 1.13. The molecule has 0 amide bonds. The van der Waals surface area contributed by atoms with E-state index >= 15 is 0 Å². The Morgan fingerprint density at radius 2 is 2.29 bits per heavy atom. The zero-order valence-electron chi connectivity index (χ0n) is 9.29. The normalized spacial score (nSPS) is 10.2. The number of aromatic nitrogens is 3. The van der Waals surface area contributed by atoms with Gasteiger partial charge in [-0.05, 0) is 18.2 Å². The first kappa shape index (κ1) is 11.1. The summed E-state index contributed by atoms with van der Waals surface area (Å²) in [5, 5.41) is 15.9. The average molecular weight is 232 g/mol. The lowest BCUT2D eigenvalue weighted by Gasteiger charge is -2.05. The fourth-order valence-electron chi connectivity index (χ4n) is 1.38. The monoisotopic (exact) mass is 232 g/mol. The Morgan fingerprint density at radius 3 is 2.82 bits per heavy atom. The number of hydrogen-bond acceptors (Lipinski definition) is 4. The average Bonchev–Trinajstić information content (AvgIpc) is 2.73. The fraction of sp³-hybridized carbons (Fsp3) is 0.182. The van der Waals surface area contributed by atoms with Gasteiger partial charge in [-0.25, -0.2) is 9.78 Å². The van der Waals surface area contributed by atoms with E-state index in [1.165, 1.54) is 12.3 Å². The Bertz CT molecular complexity index is 519. The third-order valence-electron chi connectivity index (χ3n) is 2.38. The van der Waals surface area contributed by atoms with Crippen LogP contribution in [0.15, 0.2) is 30.6 Å². The molecule has 2 rings (SSSR count). The molecule has 0 bridgehead atoms. The smallest absolute Gasteiger partial charge is 0.337 e. The zero-order valence-corrected chi connectivity index (χ0v) is 9.29. The number of rotatable bonds is 4. The topological polar surface area (TPSA) is 80.0 Å². The number of aryl methyl sites for hydroxylation is 1. The van der Waals surface area contributed by atoms with Crippen LogP contribution < -0.4 is 5.32 Å². The van der Waals surface area contributed by atoms with Gasteiger partial charge in [-0.3, -0.25) is 4.68 Å². The largest absolute Gasteiger partial charge is 0.478 e. The molecule has 0 saturated heterocycles. The second-order valence-electron chi connectivity index (χ2n) is 3.54. The van der Waals surface area contributed by atoms with Crippen LogP contribution >= 0.6 is 0 Å². The minimum Gasteiger partial charge on any atom is -0.478 e. The molecule has 0 unspecified atom stereocenters. The van der Waals surface area contributed by atoms with E-state index in [9.17, 15) is 4.79 Å². The highest BCUT2D eigenvalue weighted by Crippen LogP contribution is 2.07. The van der Waals surface area contributed by atoms with Crippen molar-refractivity contribution in [2.45, 2.75) is 6.54 Å². The number of carboxylic acid groups (broad SMARTS) is 1. The molecule has 6 heteroatoms. The fourth-order valence-corrected chi connectivity index (χ4v) is 1.38. The highest BCUT2D eigenvalue weighted by Gasteiger charge is 2.03. The van der Waals surface area contributed by atoms with E-state index in [4.69, 9.17) is 5.11 Å². The van der Waals surface area contributed by atoms with Crippen LogP contribution in [-0.4, -0.2) is 25.8 Å². The summed E-state index contributed by atoms with van der Waals surface area (Å²) in [4.78, 5) is 14.6. The van der Waals surface area contributed by atoms with Gasteiger partial charge in [0.15, 0.2) is 0 Å². The number of hydrogen-bond donors (Lipinski definition) is 2. The Labute approximate surface area is 97.9 Å². The zero-order chi connectivity index (χ0) is 12.3. The molecule has 6 nitrogen and oxygen atoms in total. The maximum atomic E-state index is 10.6. The van der Waals surface area contributed by atoms with E-state index in [2.05, 4.69) is 15.4 Å². The molecule has 2 heterocycles. The first-order valence-electron chi connectivity index (χ1n) is 5.07. The summed E-state index contributed by atoms with van der Waals surface area (Å²) in [6.45, 7) is 0.593. The van der Waals surface area contributed by atoms with Crippen molar-refractivity contribution in [1.82, 2.24) is 14.8 Å². The van der Waals surface area contributed by atoms with Crippen molar-refractivity contribution < 1.29 is 9.90 Å². The van der Waals surface area contributed by atoms with Gasteiger partial charge in [-0.1, -0.05) is 0 Å². The maximum Gasteiger partial charge on any atom is 0.337 e. The van der Waals surface area contributed by atoms with E-state index in [0.717, 1.165) is 5.69 Å². The van der Waals surface area contributed by atoms with Crippen molar-refractivity contribution in [3.8, 4) is 0 Å². The number of pyridine rings is 1. The molecule has 0 atom stereocenters. The summed E-state index contributed by atoms with van der Waals surface area (Å²) in [6, 6.07) is 5.05. The Kier molecular flexibility index (Phi) is 3.04. The van der Waals surface area contributed by atoms with Crippen molar-refractivity contribution in [2.75, 3.05) is 5.32 Å². The van der Waals surface area contributed by atoms with E-state index in [-0.39, 0.29) is 5.56 Å². The summed E-state index contributed by atoms with van der Waals surface area (Å²) < 4.78 is 1.76. The van der Waals surface area contributed by atoms with Crippen molar-refractivity contribution in [3.05, 3.63) is 41.9 Å². The number of anilines is 1. The first-order chi connectivity index (χ1) is 8.16. The number of nitrogens with one attached hydrogen (secondary N) is 1. The lowest BCUT2D eigenvalue weighted by atomic mass is 10.3. The van der Waals surface area contributed by atoms with Crippen molar-refractivity contribution in [1.29, 1.82) is 0 Å². The maximum absolute atomic E-state index is 10.6. The molecule has 0 radical (unpaired) electrons. The molecule has 2 aromatic rings. The summed E-state index contributed by atoms with van der Waals surface area (Å²) >= 11 is 0. The quantitative estimate of drug-likeness (QED) is 0.825. The predicted molar refractivity (Wildman–Crippen MR) is 61.7 cm³/mol. The van der Waals surface area contributed by atoms with Crippen molar-refractivity contribution >= 4 is 11.8 Å². The lowest BCUT2D eigenvalue weighted by molar-refractivity contribution is 0.0696. The van der Waals surface area contributed by atoms with Gasteiger partial charge >= 0.3 is 5.97 Å². The summed E-state index contributed by atoms with van der Waals surface area (Å²) in [6.07, 6.45) is 3.05. The third kappa shape index (κ3) is 2.60. The van der Waals surface area contributed by atoms with Gasteiger partial charge in [-0.15, -0.1) is 0 Å². The highest BCUT2D eigenvalue weighted by atomic mass is 16.4. The van der Waals surface area contributed by atoms with Crippen LogP contribution in [0.5, 0.6) is 0 Å². The number of nitrogens with zero attached hydrogens (tertiary/aromatic N) is 3. The van der Waals surface area contributed by atoms with Crippen LogP contribution in [0.25, 0.3) is 0 Å². The van der Waals surface area contributed by atoms with Crippen LogP contribution in [-0.2, 0) is 13.6 Å². The van der Waals surface area contributed by atoms with Gasteiger partial charge in [0.05, 0.1) is 17.8 Å². The highest BCUT2D eigenvalue weighted by molar-refractivity contribution is 5.87. The van der Waals surface area contributed by atoms with Crippen LogP contribution in [0.4, 0.5) is 5.82 Å². The SMILES string of the molecule is Cn1nccc1CNc1ccc(C(=O)O)cn1. The molecule has 0 aliphatic carbocycles. The molecule has 0 fully saturated rings. The van der Waals surface area contributed by atoms with Gasteiger partial charge in [0, 0.05) is 19.4 Å².